The summed E-state index contributed by atoms with van der Waals surface area (Å²) in [5, 5.41) is 0. The van der Waals surface area contributed by atoms with Gasteiger partial charge >= 0.3 is 0 Å². The van der Waals surface area contributed by atoms with Crippen LogP contribution in [0.15, 0.2) is 84.0 Å². The number of hydrogen-bond donors (Lipinski definition) is 0. The highest BCUT2D eigenvalue weighted by Crippen LogP contribution is 2.35. The smallest absolute Gasteiger partial charge is 0.0894 e. The fourth-order valence-electron chi connectivity index (χ4n) is 3.88. The van der Waals surface area contributed by atoms with Crippen LogP contribution in [0.4, 0.5) is 5.69 Å². The van der Waals surface area contributed by atoms with Crippen LogP contribution in [0, 0.1) is 0 Å². The molecule has 4 rings (SSSR count). The van der Waals surface area contributed by atoms with Gasteiger partial charge in [0.1, 0.15) is 0 Å². The molecule has 0 atom stereocenters. The summed E-state index contributed by atoms with van der Waals surface area (Å²) in [6, 6.07) is 24.3. The second kappa shape index (κ2) is 9.86. The van der Waals surface area contributed by atoms with Gasteiger partial charge in [0.05, 0.1) is 39.9 Å². The molecular weight excluding hydrogens is 404 g/mol. The minimum Gasteiger partial charge on any atom is -0.255 e. The molecule has 0 saturated carbocycles. The number of benzene rings is 1. The van der Waals surface area contributed by atoms with Crippen molar-refractivity contribution in [3.8, 4) is 22.8 Å². The van der Waals surface area contributed by atoms with Crippen molar-refractivity contribution in [3.05, 3.63) is 95.8 Å². The minimum absolute atomic E-state index is 0.396. The lowest BCUT2D eigenvalue weighted by molar-refractivity contribution is 0.834. The maximum Gasteiger partial charge on any atom is 0.0894 e. The van der Waals surface area contributed by atoms with Crippen molar-refractivity contribution >= 4 is 11.4 Å². The van der Waals surface area contributed by atoms with Gasteiger partial charge in [-0.3, -0.25) is 9.98 Å². The van der Waals surface area contributed by atoms with Crippen LogP contribution in [0.3, 0.4) is 0 Å². The Morgan fingerprint density at radius 1 is 0.636 bits per heavy atom. The summed E-state index contributed by atoms with van der Waals surface area (Å²) < 4.78 is 0. The van der Waals surface area contributed by atoms with Gasteiger partial charge in [-0.1, -0.05) is 64.1 Å². The Labute approximate surface area is 196 Å². The molecule has 4 heteroatoms. The molecule has 3 aromatic heterocycles. The number of aliphatic imine (C=N–C) groups is 1. The third-order valence-corrected chi connectivity index (χ3v) is 5.68. The fourth-order valence-corrected chi connectivity index (χ4v) is 3.88. The molecule has 4 nitrogen and oxygen atoms in total. The highest BCUT2D eigenvalue weighted by molar-refractivity contribution is 5.99. The van der Waals surface area contributed by atoms with Crippen molar-refractivity contribution in [2.24, 2.45) is 4.99 Å². The zero-order chi connectivity index (χ0) is 23.4. The van der Waals surface area contributed by atoms with E-state index in [1.807, 2.05) is 61.5 Å². The Morgan fingerprint density at radius 2 is 1.18 bits per heavy atom. The maximum atomic E-state index is 5.10. The number of aromatic nitrogens is 3. The van der Waals surface area contributed by atoms with Crippen LogP contribution in [0.25, 0.3) is 22.8 Å². The molecule has 0 radical (unpaired) electrons. The average molecular weight is 435 g/mol. The molecule has 0 fully saturated rings. The molecule has 0 aliphatic carbocycles. The Kier molecular flexibility index (Phi) is 6.74. The molecule has 0 bridgehead atoms. The molecule has 4 aromatic rings. The van der Waals surface area contributed by atoms with E-state index in [1.54, 1.807) is 6.20 Å². The lowest BCUT2D eigenvalue weighted by Gasteiger charge is -2.17. The first-order valence-corrected chi connectivity index (χ1v) is 11.5. The van der Waals surface area contributed by atoms with Crippen molar-refractivity contribution in [3.63, 3.8) is 0 Å². The lowest BCUT2D eigenvalue weighted by Crippen LogP contribution is -2.02. The van der Waals surface area contributed by atoms with Gasteiger partial charge in [0.15, 0.2) is 0 Å². The second-order valence-corrected chi connectivity index (χ2v) is 8.82. The summed E-state index contributed by atoms with van der Waals surface area (Å²) in [5.74, 6) is 0.793. The van der Waals surface area contributed by atoms with Crippen LogP contribution in [0.2, 0.25) is 0 Å². The van der Waals surface area contributed by atoms with Crippen LogP contribution >= 0.6 is 0 Å². The van der Waals surface area contributed by atoms with Crippen LogP contribution in [-0.4, -0.2) is 20.7 Å². The zero-order valence-electron chi connectivity index (χ0n) is 19.9. The molecular formula is C29H30N4. The third kappa shape index (κ3) is 5.06. The first-order valence-electron chi connectivity index (χ1n) is 11.5. The summed E-state index contributed by atoms with van der Waals surface area (Å²) in [4.78, 5) is 19.2. The highest BCUT2D eigenvalue weighted by Gasteiger charge is 2.14. The van der Waals surface area contributed by atoms with Crippen molar-refractivity contribution < 1.29 is 0 Å². The van der Waals surface area contributed by atoms with Crippen molar-refractivity contribution in [2.45, 2.75) is 46.5 Å². The fraction of sp³-hybridized carbons (Fsp3) is 0.241. The van der Waals surface area contributed by atoms with Crippen LogP contribution in [0.5, 0.6) is 0 Å². The van der Waals surface area contributed by atoms with E-state index < -0.39 is 0 Å². The van der Waals surface area contributed by atoms with E-state index in [9.17, 15) is 0 Å². The molecule has 33 heavy (non-hydrogen) atoms. The molecule has 0 unspecified atom stereocenters. The number of nitrogens with zero attached hydrogens (tertiary/aromatic N) is 4. The van der Waals surface area contributed by atoms with Gasteiger partial charge in [-0.25, -0.2) is 9.97 Å². The van der Waals surface area contributed by atoms with Crippen LogP contribution in [-0.2, 0) is 0 Å². The van der Waals surface area contributed by atoms with Gasteiger partial charge < -0.3 is 0 Å². The van der Waals surface area contributed by atoms with E-state index >= 15 is 0 Å². The first kappa shape index (κ1) is 22.5. The molecule has 1 aromatic carbocycles. The first-order chi connectivity index (χ1) is 15.9. The van der Waals surface area contributed by atoms with E-state index in [1.165, 1.54) is 11.1 Å². The lowest BCUT2D eigenvalue weighted by atomic mass is 9.93. The summed E-state index contributed by atoms with van der Waals surface area (Å²) in [6.07, 6.45) is 1.78. The number of pyridine rings is 3. The second-order valence-electron chi connectivity index (χ2n) is 8.82. The van der Waals surface area contributed by atoms with Gasteiger partial charge in [-0.05, 0) is 66.3 Å². The number of para-hydroxylation sites is 1. The van der Waals surface area contributed by atoms with Crippen molar-refractivity contribution in [1.82, 2.24) is 15.0 Å². The molecule has 0 spiro atoms. The van der Waals surface area contributed by atoms with Gasteiger partial charge in [0, 0.05) is 6.20 Å². The van der Waals surface area contributed by atoms with Crippen molar-refractivity contribution in [1.29, 1.82) is 0 Å². The largest absolute Gasteiger partial charge is 0.255 e. The molecule has 0 aliphatic rings. The predicted molar refractivity (Wildman–Crippen MR) is 137 cm³/mol. The quantitative estimate of drug-likeness (QED) is 0.294. The normalized spacial score (nSPS) is 11.9. The van der Waals surface area contributed by atoms with E-state index in [0.717, 1.165) is 39.9 Å². The maximum absolute atomic E-state index is 5.10. The standard InChI is InChI=1S/C29H30N4/c1-19(2)22-11-8-12-23(20(3)4)29(22)31-21(5)24-14-9-16-27(32-24)28-17-10-15-26(33-28)25-13-6-7-18-30-25/h6-20H,1-5H3. The van der Waals surface area contributed by atoms with Gasteiger partial charge in [-0.15, -0.1) is 0 Å². The Morgan fingerprint density at radius 3 is 1.79 bits per heavy atom. The van der Waals surface area contributed by atoms with Crippen molar-refractivity contribution in [2.75, 3.05) is 0 Å². The van der Waals surface area contributed by atoms with Gasteiger partial charge in [0.2, 0.25) is 0 Å². The molecule has 0 N–H and O–H groups in total. The monoisotopic (exact) mass is 434 g/mol. The molecule has 0 amide bonds. The predicted octanol–water partition coefficient (Wildman–Crippen LogP) is 7.59. The highest BCUT2D eigenvalue weighted by atomic mass is 14.8. The molecule has 0 saturated heterocycles. The summed E-state index contributed by atoms with van der Waals surface area (Å²) in [7, 11) is 0. The minimum atomic E-state index is 0.396. The summed E-state index contributed by atoms with van der Waals surface area (Å²) >= 11 is 0. The number of rotatable bonds is 6. The van der Waals surface area contributed by atoms with Crippen LogP contribution < -0.4 is 0 Å². The molecule has 3 heterocycles. The van der Waals surface area contributed by atoms with E-state index in [0.29, 0.717) is 11.8 Å². The summed E-state index contributed by atoms with van der Waals surface area (Å²) in [5.41, 5.74) is 8.67. The van der Waals surface area contributed by atoms with E-state index in [-0.39, 0.29) is 0 Å². The van der Waals surface area contributed by atoms with E-state index in [4.69, 9.17) is 15.0 Å². The van der Waals surface area contributed by atoms with E-state index in [2.05, 4.69) is 50.9 Å². The van der Waals surface area contributed by atoms with Crippen LogP contribution in [0.1, 0.15) is 63.3 Å². The average Bonchev–Trinajstić information content (AvgIpc) is 2.84. The number of hydrogen-bond acceptors (Lipinski definition) is 4. The Balaban J connectivity index is 1.74. The SMILES string of the molecule is CC(=Nc1c(C(C)C)cccc1C(C)C)c1cccc(-c2cccc(-c3ccccn3)n2)n1. The topological polar surface area (TPSA) is 51.0 Å². The van der Waals surface area contributed by atoms with Gasteiger partial charge in [0.25, 0.3) is 0 Å². The summed E-state index contributed by atoms with van der Waals surface area (Å²) in [6.45, 7) is 10.9. The van der Waals surface area contributed by atoms with Gasteiger partial charge in [-0.2, -0.15) is 0 Å². The zero-order valence-corrected chi connectivity index (χ0v) is 19.9. The molecule has 166 valence electrons. The molecule has 0 aliphatic heterocycles. The third-order valence-electron chi connectivity index (χ3n) is 5.68. The Hall–Kier alpha value is -3.66. The Bertz CT molecular complexity index is 1250.